The van der Waals surface area contributed by atoms with Crippen LogP contribution in [0.5, 0.6) is 0 Å². The fraction of sp³-hybridized carbons (Fsp3) is 0.231. The number of nitrogens with one attached hydrogen (secondary N) is 2. The van der Waals surface area contributed by atoms with E-state index in [1.165, 1.54) is 6.07 Å². The van der Waals surface area contributed by atoms with Crippen molar-refractivity contribution in [2.24, 2.45) is 0 Å². The van der Waals surface area contributed by atoms with Gasteiger partial charge in [0.1, 0.15) is 16.5 Å². The van der Waals surface area contributed by atoms with Gasteiger partial charge in [0.05, 0.1) is 0 Å². The fourth-order valence-electron chi connectivity index (χ4n) is 2.30. The van der Waals surface area contributed by atoms with E-state index in [0.29, 0.717) is 0 Å². The zero-order valence-corrected chi connectivity index (χ0v) is 12.8. The van der Waals surface area contributed by atoms with Crippen LogP contribution in [0.3, 0.4) is 0 Å². The average molecular weight is 360 g/mol. The van der Waals surface area contributed by atoms with E-state index >= 15 is 0 Å². The molecule has 0 amide bonds. The first-order valence-electron chi connectivity index (χ1n) is 6.69. The predicted molar refractivity (Wildman–Crippen MR) is 79.9 cm³/mol. The number of imidazole rings is 1. The van der Waals surface area contributed by atoms with E-state index in [1.807, 2.05) is 0 Å². The topological polar surface area (TPSA) is 96.4 Å². The van der Waals surface area contributed by atoms with Gasteiger partial charge in [-0.15, -0.1) is 0 Å². The van der Waals surface area contributed by atoms with E-state index in [2.05, 4.69) is 19.9 Å². The molecule has 0 saturated heterocycles. The van der Waals surface area contributed by atoms with Gasteiger partial charge in [-0.1, -0.05) is 11.6 Å². The molecule has 0 fully saturated rings. The van der Waals surface area contributed by atoms with Gasteiger partial charge >= 0.3 is 11.9 Å². The third kappa shape index (κ3) is 2.58. The summed E-state index contributed by atoms with van der Waals surface area (Å²) < 4.78 is 40.6. The Labute approximate surface area is 136 Å². The predicted octanol–water partition coefficient (Wildman–Crippen LogP) is 2.17. The summed E-state index contributed by atoms with van der Waals surface area (Å²) in [7, 11) is 0. The number of aryl methyl sites for hydroxylation is 1. The molecule has 0 saturated carbocycles. The molecule has 0 atom stereocenters. The Balaban J connectivity index is 2.35. The first-order chi connectivity index (χ1) is 11.2. The van der Waals surface area contributed by atoms with Gasteiger partial charge in [-0.2, -0.15) is 13.2 Å². The van der Waals surface area contributed by atoms with Crippen molar-refractivity contribution in [3.63, 3.8) is 0 Å². The third-order valence-corrected chi connectivity index (χ3v) is 3.54. The van der Waals surface area contributed by atoms with Crippen LogP contribution >= 0.6 is 11.6 Å². The highest BCUT2D eigenvalue weighted by molar-refractivity contribution is 6.29. The highest BCUT2D eigenvalue weighted by atomic mass is 35.5. The van der Waals surface area contributed by atoms with Gasteiger partial charge in [0.15, 0.2) is 11.3 Å². The lowest BCUT2D eigenvalue weighted by atomic mass is 10.2. The van der Waals surface area contributed by atoms with Crippen LogP contribution in [0.15, 0.2) is 21.7 Å². The van der Waals surface area contributed by atoms with Crippen LogP contribution in [0.1, 0.15) is 12.6 Å². The zero-order chi connectivity index (χ0) is 17.6. The Kier molecular flexibility index (Phi) is 3.71. The highest BCUT2D eigenvalue weighted by Gasteiger charge is 2.37. The van der Waals surface area contributed by atoms with Crippen molar-refractivity contribution in [2.75, 3.05) is 0 Å². The van der Waals surface area contributed by atoms with E-state index in [1.54, 1.807) is 6.92 Å². The third-order valence-electron chi connectivity index (χ3n) is 3.33. The summed E-state index contributed by atoms with van der Waals surface area (Å²) in [6, 6.07) is 2.27. The average Bonchev–Trinajstić information content (AvgIpc) is 2.92. The van der Waals surface area contributed by atoms with Crippen molar-refractivity contribution >= 4 is 22.8 Å². The summed E-state index contributed by atoms with van der Waals surface area (Å²) in [6.45, 7) is 1.82. The van der Waals surface area contributed by atoms with Crippen molar-refractivity contribution in [1.82, 2.24) is 24.5 Å². The number of fused-ring (bicyclic) bond motifs is 1. The maximum atomic E-state index is 13.2. The minimum atomic E-state index is -4.77. The number of aromatic amines is 2. The Morgan fingerprint density at radius 1 is 1.21 bits per heavy atom. The summed E-state index contributed by atoms with van der Waals surface area (Å²) in [5.41, 5.74) is -3.22. The first-order valence-corrected chi connectivity index (χ1v) is 7.07. The lowest BCUT2D eigenvalue weighted by Crippen LogP contribution is -2.29. The minimum absolute atomic E-state index is 0.0377. The molecular weight excluding hydrogens is 351 g/mol. The number of halogens is 4. The van der Waals surface area contributed by atoms with Crippen LogP contribution < -0.4 is 11.2 Å². The van der Waals surface area contributed by atoms with Gasteiger partial charge in [0.2, 0.25) is 0 Å². The smallest absolute Gasteiger partial charge is 0.332 e. The molecule has 0 aromatic carbocycles. The maximum absolute atomic E-state index is 13.2. The molecule has 24 heavy (non-hydrogen) atoms. The molecular formula is C13H9ClF3N5O2. The second kappa shape index (κ2) is 5.48. The van der Waals surface area contributed by atoms with Crippen molar-refractivity contribution < 1.29 is 13.2 Å². The van der Waals surface area contributed by atoms with E-state index < -0.39 is 23.1 Å². The number of nitrogens with zero attached hydrogens (tertiary/aromatic N) is 3. The first kappa shape index (κ1) is 16.2. The highest BCUT2D eigenvalue weighted by Crippen LogP contribution is 2.35. The van der Waals surface area contributed by atoms with Gasteiger partial charge in [0, 0.05) is 12.1 Å². The maximum Gasteiger partial charge on any atom is 0.434 e. The molecule has 0 spiro atoms. The number of pyridine rings is 1. The molecule has 7 nitrogen and oxygen atoms in total. The number of hydrogen-bond acceptors (Lipinski definition) is 4. The molecule has 3 rings (SSSR count). The molecule has 3 aromatic heterocycles. The summed E-state index contributed by atoms with van der Waals surface area (Å²) >= 11 is 5.54. The quantitative estimate of drug-likeness (QED) is 0.685. The lowest BCUT2D eigenvalue weighted by Gasteiger charge is -2.10. The molecule has 126 valence electrons. The standard InChI is InChI=1S/C13H9ClF3N5O2/c1-2-22-10-7(11(23)21-12(22)24)19-9(20-10)5-3-4-6(14)18-8(5)13(15,16)17/h3-4H,2H2,1H3,(H,19,20)(H,21,23,24). The van der Waals surface area contributed by atoms with Gasteiger partial charge in [0.25, 0.3) is 5.56 Å². The second-order valence-corrected chi connectivity index (χ2v) is 5.20. The van der Waals surface area contributed by atoms with Crippen molar-refractivity contribution in [2.45, 2.75) is 19.6 Å². The van der Waals surface area contributed by atoms with Gasteiger partial charge in [-0.25, -0.2) is 14.8 Å². The molecule has 0 radical (unpaired) electrons. The molecule has 0 unspecified atom stereocenters. The summed E-state index contributed by atoms with van der Waals surface area (Å²) in [6.07, 6.45) is -4.77. The second-order valence-electron chi connectivity index (χ2n) is 4.82. The van der Waals surface area contributed by atoms with Gasteiger partial charge < -0.3 is 4.98 Å². The van der Waals surface area contributed by atoms with E-state index in [0.717, 1.165) is 10.6 Å². The molecule has 3 heterocycles. The monoisotopic (exact) mass is 359 g/mol. The van der Waals surface area contributed by atoms with Crippen LogP contribution in [0.4, 0.5) is 13.2 Å². The number of H-pyrrole nitrogens is 2. The van der Waals surface area contributed by atoms with E-state index in [-0.39, 0.29) is 34.2 Å². The Hall–Kier alpha value is -2.62. The van der Waals surface area contributed by atoms with E-state index in [4.69, 9.17) is 11.6 Å². The summed E-state index contributed by atoms with van der Waals surface area (Å²) in [5, 5.41) is -0.328. The normalized spacial score (nSPS) is 12.0. The SMILES string of the molecule is CCn1c(=O)[nH]c(=O)c2[nH]c(-c3ccc(Cl)nc3C(F)(F)F)nc21. The van der Waals surface area contributed by atoms with Crippen LogP contribution in [-0.2, 0) is 12.7 Å². The van der Waals surface area contributed by atoms with E-state index in [9.17, 15) is 22.8 Å². The molecule has 11 heteroatoms. The number of aromatic nitrogens is 5. The number of hydrogen-bond donors (Lipinski definition) is 2. The largest absolute Gasteiger partial charge is 0.434 e. The van der Waals surface area contributed by atoms with Crippen LogP contribution in [-0.4, -0.2) is 24.5 Å². The Bertz CT molecular complexity index is 1050. The lowest BCUT2D eigenvalue weighted by molar-refractivity contribution is -0.140. The Morgan fingerprint density at radius 2 is 1.92 bits per heavy atom. The molecule has 0 aliphatic rings. The molecule has 0 aliphatic heterocycles. The summed E-state index contributed by atoms with van der Waals surface area (Å²) in [4.78, 5) is 35.5. The van der Waals surface area contributed by atoms with Crippen LogP contribution in [0.25, 0.3) is 22.6 Å². The van der Waals surface area contributed by atoms with Crippen molar-refractivity contribution in [3.8, 4) is 11.4 Å². The number of alkyl halides is 3. The Morgan fingerprint density at radius 3 is 2.54 bits per heavy atom. The van der Waals surface area contributed by atoms with Crippen LogP contribution in [0, 0.1) is 0 Å². The molecule has 3 aromatic rings. The molecule has 2 N–H and O–H groups in total. The zero-order valence-electron chi connectivity index (χ0n) is 12.0. The summed E-state index contributed by atoms with van der Waals surface area (Å²) in [5.74, 6) is -0.236. The number of rotatable bonds is 2. The van der Waals surface area contributed by atoms with Crippen molar-refractivity contribution in [1.29, 1.82) is 0 Å². The molecule has 0 bridgehead atoms. The molecule has 0 aliphatic carbocycles. The fourth-order valence-corrected chi connectivity index (χ4v) is 2.45. The van der Waals surface area contributed by atoms with Gasteiger partial charge in [-0.05, 0) is 19.1 Å². The minimum Gasteiger partial charge on any atom is -0.332 e. The van der Waals surface area contributed by atoms with Crippen LogP contribution in [0.2, 0.25) is 5.15 Å². The van der Waals surface area contributed by atoms with Crippen molar-refractivity contribution in [3.05, 3.63) is 43.8 Å². The van der Waals surface area contributed by atoms with Gasteiger partial charge in [-0.3, -0.25) is 14.3 Å².